The number of carbonyl (C=O) groups excluding carboxylic acids is 6. The van der Waals surface area contributed by atoms with E-state index in [0.717, 1.165) is 20.8 Å². The van der Waals surface area contributed by atoms with Gasteiger partial charge in [-0.2, -0.15) is 0 Å². The Labute approximate surface area is 358 Å². The van der Waals surface area contributed by atoms with Crippen LogP contribution >= 0.6 is 0 Å². The molecule has 0 spiro atoms. The third-order valence-electron chi connectivity index (χ3n) is 13.7. The molecule has 1 saturated heterocycles. The molecule has 2 aromatic carbocycles. The molecule has 2 bridgehead atoms. The second kappa shape index (κ2) is 16.6. The fourth-order valence-corrected chi connectivity index (χ4v) is 9.85. The van der Waals surface area contributed by atoms with Crippen LogP contribution in [-0.4, -0.2) is 127 Å². The maximum atomic E-state index is 15.5. The molecule has 1 aliphatic heterocycles. The van der Waals surface area contributed by atoms with Crippen LogP contribution in [0.25, 0.3) is 0 Å². The fourth-order valence-electron chi connectivity index (χ4n) is 9.85. The summed E-state index contributed by atoms with van der Waals surface area (Å²) in [6.07, 6.45) is -12.6. The Balaban J connectivity index is 1.54. The van der Waals surface area contributed by atoms with Crippen molar-refractivity contribution in [1.82, 2.24) is 5.32 Å². The van der Waals surface area contributed by atoms with Gasteiger partial charge in [0.2, 0.25) is 0 Å². The number of hydrogen-bond donors (Lipinski definition) is 6. The van der Waals surface area contributed by atoms with Gasteiger partial charge in [-0.3, -0.25) is 19.2 Å². The average molecular weight is 866 g/mol. The van der Waals surface area contributed by atoms with Crippen molar-refractivity contribution in [1.29, 1.82) is 0 Å². The number of benzene rings is 2. The molecular formula is C45H55NO16. The number of amides is 1. The lowest BCUT2D eigenvalue weighted by Crippen LogP contribution is -2.82. The summed E-state index contributed by atoms with van der Waals surface area (Å²) in [4.78, 5) is 83.1. The predicted molar refractivity (Wildman–Crippen MR) is 214 cm³/mol. The number of aliphatic hydroxyl groups excluding tert-OH is 3. The first-order chi connectivity index (χ1) is 28.9. The van der Waals surface area contributed by atoms with Crippen molar-refractivity contribution in [2.24, 2.45) is 16.7 Å². The zero-order valence-electron chi connectivity index (χ0n) is 35.8. The van der Waals surface area contributed by atoms with E-state index >= 15 is 4.79 Å². The number of ketones is 1. The molecule has 1 heterocycles. The lowest BCUT2D eigenvalue weighted by Gasteiger charge is -2.67. The number of ether oxygens (including phenoxy) is 5. The van der Waals surface area contributed by atoms with Crippen molar-refractivity contribution in [3.8, 4) is 0 Å². The quantitative estimate of drug-likeness (QED) is 0.106. The van der Waals surface area contributed by atoms with Crippen LogP contribution in [0.1, 0.15) is 90.2 Å². The lowest BCUT2D eigenvalue weighted by molar-refractivity contribution is -0.346. The normalized spacial score (nSPS) is 33.5. The van der Waals surface area contributed by atoms with Crippen molar-refractivity contribution >= 4 is 35.6 Å². The van der Waals surface area contributed by atoms with Crippen LogP contribution in [0.3, 0.4) is 0 Å². The van der Waals surface area contributed by atoms with Crippen molar-refractivity contribution in [2.45, 2.75) is 134 Å². The zero-order chi connectivity index (χ0) is 45.9. The lowest BCUT2D eigenvalue weighted by atomic mass is 9.44. The van der Waals surface area contributed by atoms with Crippen molar-refractivity contribution in [2.75, 3.05) is 6.61 Å². The van der Waals surface area contributed by atoms with E-state index in [1.54, 1.807) is 36.4 Å². The van der Waals surface area contributed by atoms with Gasteiger partial charge in [0, 0.05) is 32.1 Å². The third-order valence-corrected chi connectivity index (χ3v) is 13.7. The molecule has 2 unspecified atom stereocenters. The summed E-state index contributed by atoms with van der Waals surface area (Å²) in [5.41, 5.74) is -10.1. The minimum atomic E-state index is -2.44. The van der Waals surface area contributed by atoms with Gasteiger partial charge in [-0.15, -0.1) is 0 Å². The smallest absolute Gasteiger partial charge is 0.338 e. The predicted octanol–water partition coefficient (Wildman–Crippen LogP) is 1.55. The summed E-state index contributed by atoms with van der Waals surface area (Å²) in [5, 5.41) is 60.6. The van der Waals surface area contributed by atoms with Gasteiger partial charge in [-0.25, -0.2) is 9.59 Å². The first-order valence-corrected chi connectivity index (χ1v) is 20.4. The number of aliphatic hydroxyl groups is 5. The Morgan fingerprint density at radius 2 is 1.52 bits per heavy atom. The Hall–Kier alpha value is -5.04. The Kier molecular flexibility index (Phi) is 12.4. The zero-order valence-corrected chi connectivity index (χ0v) is 35.8. The minimum absolute atomic E-state index is 0.0403. The number of carbonyl (C=O) groups is 6. The molecule has 2 aromatic rings. The van der Waals surface area contributed by atoms with Crippen LogP contribution in [0.4, 0.5) is 0 Å². The van der Waals surface area contributed by atoms with E-state index in [1.807, 2.05) is 0 Å². The molecule has 6 N–H and O–H groups in total. The largest absolute Gasteiger partial charge is 0.456 e. The Morgan fingerprint density at radius 1 is 0.919 bits per heavy atom. The summed E-state index contributed by atoms with van der Waals surface area (Å²) in [6, 6.07) is 13.9. The molecule has 62 heavy (non-hydrogen) atoms. The van der Waals surface area contributed by atoms with Crippen molar-refractivity contribution in [3.05, 3.63) is 82.9 Å². The SMILES string of the molecule is CC(=O)O[C@H]1C(=O)[C@@]2(C)[C@H]([C@H](OC(=O)c3ccccc3)[C@]3(O)C[C@H](OC(=O)[C@H](O)[C@@H](NC(=O)C(C)(O)C(C)O)c4ccccc4)C(C)=C1C3(C)C)[C@]1(OC(C)=O)CO[C@@H]1C[C@@H]2O. The number of fused-ring (bicyclic) bond motifs is 5. The second-order valence-electron chi connectivity index (χ2n) is 17.8. The van der Waals surface area contributed by atoms with Crippen molar-refractivity contribution in [3.63, 3.8) is 0 Å². The molecule has 13 atom stereocenters. The number of rotatable bonds is 11. The maximum Gasteiger partial charge on any atom is 0.338 e. The highest BCUT2D eigenvalue weighted by Gasteiger charge is 2.78. The summed E-state index contributed by atoms with van der Waals surface area (Å²) >= 11 is 0. The fraction of sp³-hybridized carbons (Fsp3) is 0.556. The number of nitrogens with one attached hydrogen (secondary N) is 1. The van der Waals surface area contributed by atoms with Gasteiger partial charge in [0.15, 0.2) is 29.2 Å². The highest BCUT2D eigenvalue weighted by Crippen LogP contribution is 2.64. The molecule has 2 saturated carbocycles. The monoisotopic (exact) mass is 865 g/mol. The van der Waals surface area contributed by atoms with Crippen molar-refractivity contribution < 1.29 is 78.0 Å². The summed E-state index contributed by atoms with van der Waals surface area (Å²) < 4.78 is 30.1. The van der Waals surface area contributed by atoms with E-state index in [-0.39, 0.29) is 35.3 Å². The molecule has 4 aliphatic rings. The van der Waals surface area contributed by atoms with Gasteiger partial charge in [0.05, 0.1) is 41.8 Å². The van der Waals surface area contributed by atoms with Gasteiger partial charge in [0.25, 0.3) is 5.91 Å². The van der Waals surface area contributed by atoms with E-state index in [2.05, 4.69) is 5.32 Å². The van der Waals surface area contributed by atoms with E-state index in [4.69, 9.17) is 23.7 Å². The average Bonchev–Trinajstić information content (AvgIpc) is 3.20. The maximum absolute atomic E-state index is 15.5. The van der Waals surface area contributed by atoms with E-state index < -0.39 is 124 Å². The molecule has 0 aromatic heterocycles. The van der Waals surface area contributed by atoms with Gasteiger partial charge in [-0.05, 0) is 56.5 Å². The first-order valence-electron chi connectivity index (χ1n) is 20.4. The summed E-state index contributed by atoms with van der Waals surface area (Å²) in [5.74, 6) is -7.67. The molecule has 3 aliphatic carbocycles. The minimum Gasteiger partial charge on any atom is -0.456 e. The highest BCUT2D eigenvalue weighted by atomic mass is 16.6. The number of esters is 4. The standard InChI is InChI=1S/C45H55NO16/c1-22-28(60-39(54)33(51)32(26-15-11-9-12-16-26)46-40(55)43(8,56)23(2)47)20-45(57)37(61-38(53)27-17-13-10-14-18-27)35-42(7,29(50)19-30-44(35,21-58-30)62-25(4)49)36(52)34(59-24(3)48)31(22)41(45,5)6/h9-18,23,28-30,32-35,37,47,50-51,56-57H,19-21H2,1-8H3,(H,46,55)/t23?,28-,29-,30+,32-,33+,34+,35-,37-,42+,43?,44-,45+/m0/s1. The number of Topliss-reactive ketones (excluding diaryl/α,β-unsaturated/α-hetero) is 1. The van der Waals surface area contributed by atoms with E-state index in [1.165, 1.54) is 58.9 Å². The Morgan fingerprint density at radius 3 is 2.05 bits per heavy atom. The molecular weight excluding hydrogens is 810 g/mol. The third kappa shape index (κ3) is 7.51. The van der Waals surface area contributed by atoms with Gasteiger partial charge >= 0.3 is 23.9 Å². The summed E-state index contributed by atoms with van der Waals surface area (Å²) in [7, 11) is 0. The van der Waals surface area contributed by atoms with Gasteiger partial charge in [0.1, 0.15) is 23.9 Å². The van der Waals surface area contributed by atoms with E-state index in [9.17, 15) is 49.5 Å². The van der Waals surface area contributed by atoms with Crippen LogP contribution in [0.15, 0.2) is 71.8 Å². The van der Waals surface area contributed by atoms with Gasteiger partial charge < -0.3 is 54.5 Å². The molecule has 6 rings (SSSR count). The molecule has 17 heteroatoms. The van der Waals surface area contributed by atoms with Crippen LogP contribution in [0.5, 0.6) is 0 Å². The number of hydrogen-bond acceptors (Lipinski definition) is 16. The van der Waals surface area contributed by atoms with Crippen LogP contribution in [-0.2, 0) is 47.7 Å². The topological polar surface area (TPSA) is 262 Å². The highest BCUT2D eigenvalue weighted by molar-refractivity contribution is 5.95. The molecule has 336 valence electrons. The molecule has 0 radical (unpaired) electrons. The molecule has 1 amide bonds. The molecule has 17 nitrogen and oxygen atoms in total. The molecule has 3 fully saturated rings. The Bertz CT molecular complexity index is 2140. The first kappa shape index (κ1) is 46.5. The van der Waals surface area contributed by atoms with Gasteiger partial charge in [-0.1, -0.05) is 62.4 Å². The van der Waals surface area contributed by atoms with Crippen LogP contribution < -0.4 is 5.32 Å². The summed E-state index contributed by atoms with van der Waals surface area (Å²) in [6.45, 7) is 9.97. The second-order valence-corrected chi connectivity index (χ2v) is 17.8. The van der Waals surface area contributed by atoms with Crippen LogP contribution in [0, 0.1) is 16.7 Å². The van der Waals surface area contributed by atoms with Crippen LogP contribution in [0.2, 0.25) is 0 Å². The van der Waals surface area contributed by atoms with E-state index in [0.29, 0.717) is 0 Å².